The Bertz CT molecular complexity index is 1220. The van der Waals surface area contributed by atoms with Gasteiger partial charge in [0.15, 0.2) is 18.5 Å². The standard InChI is InChI=1S/C33H48O9Si2/c1-21(2)43(22(3)4)37-20-27-28(41-44(42-43,23(5)6)24(7)8)29(39-31(34)25-16-12-10-13-17-25)30(33(36-9)38-27)40-32(35)26-18-14-11-15-19-26/h10-19,21-24,27-30,33H,20H2,1-9H3/t27-,28-,29+,30-,33-/m1/s1. The first-order valence-electron chi connectivity index (χ1n) is 15.6. The zero-order chi connectivity index (χ0) is 32.2. The fourth-order valence-corrected chi connectivity index (χ4v) is 17.5. The Morgan fingerprint density at radius 3 is 1.59 bits per heavy atom. The molecule has 0 N–H and O–H groups in total. The van der Waals surface area contributed by atoms with Gasteiger partial charge in [-0.25, -0.2) is 9.59 Å². The molecule has 9 nitrogen and oxygen atoms in total. The van der Waals surface area contributed by atoms with Crippen molar-refractivity contribution in [2.45, 2.75) is 108 Å². The first-order chi connectivity index (χ1) is 20.9. The lowest BCUT2D eigenvalue weighted by Crippen LogP contribution is -2.71. The van der Waals surface area contributed by atoms with E-state index in [1.54, 1.807) is 48.5 Å². The summed E-state index contributed by atoms with van der Waals surface area (Å²) in [5.74, 6) is -1.17. The van der Waals surface area contributed by atoms with Gasteiger partial charge < -0.3 is 31.9 Å². The van der Waals surface area contributed by atoms with Crippen LogP contribution >= 0.6 is 0 Å². The molecule has 4 rings (SSSR count). The number of carbonyl (C=O) groups excluding carboxylic acids is 2. The molecule has 2 aromatic carbocycles. The normalized spacial score (nSPS) is 26.6. The van der Waals surface area contributed by atoms with E-state index in [1.807, 2.05) is 12.1 Å². The number of rotatable bonds is 9. The van der Waals surface area contributed by atoms with Crippen LogP contribution in [0.25, 0.3) is 0 Å². The lowest BCUT2D eigenvalue weighted by molar-refractivity contribution is -0.292. The van der Waals surface area contributed by atoms with Crippen LogP contribution in [-0.2, 0) is 31.9 Å². The van der Waals surface area contributed by atoms with E-state index in [-0.39, 0.29) is 28.8 Å². The van der Waals surface area contributed by atoms with Gasteiger partial charge in [0.1, 0.15) is 12.2 Å². The Kier molecular flexibility index (Phi) is 11.3. The molecule has 242 valence electrons. The summed E-state index contributed by atoms with van der Waals surface area (Å²) in [5.41, 5.74) is 1.02. The van der Waals surface area contributed by atoms with Gasteiger partial charge in [0.2, 0.25) is 0 Å². The molecule has 11 heteroatoms. The highest BCUT2D eigenvalue weighted by molar-refractivity contribution is 6.84. The minimum absolute atomic E-state index is 0.0187. The third kappa shape index (κ3) is 6.89. The quantitative estimate of drug-likeness (QED) is 0.216. The smallest absolute Gasteiger partial charge is 0.338 e. The molecule has 44 heavy (non-hydrogen) atoms. The van der Waals surface area contributed by atoms with Crippen molar-refractivity contribution in [3.05, 3.63) is 71.8 Å². The van der Waals surface area contributed by atoms with E-state index in [0.29, 0.717) is 11.1 Å². The highest BCUT2D eigenvalue weighted by Gasteiger charge is 2.62. The molecule has 0 amide bonds. The summed E-state index contributed by atoms with van der Waals surface area (Å²) in [6.45, 7) is 17.2. The van der Waals surface area contributed by atoms with Crippen molar-refractivity contribution in [1.82, 2.24) is 0 Å². The molecular formula is C33H48O9Si2. The van der Waals surface area contributed by atoms with E-state index < -0.39 is 59.8 Å². The zero-order valence-corrected chi connectivity index (χ0v) is 29.4. The number of fused-ring (bicyclic) bond motifs is 1. The molecule has 0 aromatic heterocycles. The van der Waals surface area contributed by atoms with Crippen molar-refractivity contribution in [3.63, 3.8) is 0 Å². The number of methoxy groups -OCH3 is 1. The maximum absolute atomic E-state index is 13.6. The number of ether oxygens (including phenoxy) is 4. The summed E-state index contributed by atoms with van der Waals surface area (Å²) in [7, 11) is -4.53. The van der Waals surface area contributed by atoms with Crippen molar-refractivity contribution < 1.29 is 41.5 Å². The van der Waals surface area contributed by atoms with Gasteiger partial charge in [0.25, 0.3) is 0 Å². The number of hydrogen-bond donors (Lipinski definition) is 0. The van der Waals surface area contributed by atoms with Crippen LogP contribution in [-0.4, -0.2) is 73.5 Å². The van der Waals surface area contributed by atoms with Gasteiger partial charge in [-0.05, 0) is 46.4 Å². The Hall–Kier alpha value is -2.39. The average molecular weight is 645 g/mol. The third-order valence-corrected chi connectivity index (χ3v) is 18.9. The predicted molar refractivity (Wildman–Crippen MR) is 171 cm³/mol. The molecular weight excluding hydrogens is 597 g/mol. The first kappa shape index (κ1) is 34.5. The Morgan fingerprint density at radius 2 is 1.16 bits per heavy atom. The Morgan fingerprint density at radius 1 is 0.705 bits per heavy atom. The van der Waals surface area contributed by atoms with E-state index >= 15 is 0 Å². The van der Waals surface area contributed by atoms with E-state index in [0.717, 1.165) is 0 Å². The summed E-state index contributed by atoms with van der Waals surface area (Å²) >= 11 is 0. The molecule has 2 fully saturated rings. The van der Waals surface area contributed by atoms with Crippen molar-refractivity contribution in [1.29, 1.82) is 0 Å². The number of benzene rings is 2. The van der Waals surface area contributed by atoms with Gasteiger partial charge >= 0.3 is 29.1 Å². The number of hydrogen-bond acceptors (Lipinski definition) is 9. The second kappa shape index (κ2) is 14.4. The number of esters is 2. The van der Waals surface area contributed by atoms with E-state index in [4.69, 9.17) is 31.9 Å². The summed E-state index contributed by atoms with van der Waals surface area (Å²) in [6.07, 6.45) is -4.80. The highest BCUT2D eigenvalue weighted by atomic mass is 28.5. The molecule has 0 spiro atoms. The molecule has 0 unspecified atom stereocenters. The van der Waals surface area contributed by atoms with Crippen LogP contribution in [0.2, 0.25) is 22.2 Å². The minimum Gasteiger partial charge on any atom is -0.452 e. The first-order valence-corrected chi connectivity index (χ1v) is 19.5. The lowest BCUT2D eigenvalue weighted by Gasteiger charge is -2.55. The summed E-state index contributed by atoms with van der Waals surface area (Å²) in [5, 5.41) is 0. The Labute approximate surface area is 264 Å². The van der Waals surface area contributed by atoms with Gasteiger partial charge in [-0.15, -0.1) is 0 Å². The molecule has 2 aliphatic heterocycles. The van der Waals surface area contributed by atoms with Crippen molar-refractivity contribution in [3.8, 4) is 0 Å². The van der Waals surface area contributed by atoms with Gasteiger partial charge in [-0.3, -0.25) is 0 Å². The fourth-order valence-electron chi connectivity index (χ4n) is 6.27. The topological polar surface area (TPSA) is 98.8 Å². The van der Waals surface area contributed by atoms with Crippen LogP contribution in [0.1, 0.15) is 76.1 Å². The molecule has 2 heterocycles. The number of carbonyl (C=O) groups is 2. The van der Waals surface area contributed by atoms with Crippen LogP contribution in [0, 0.1) is 0 Å². The monoisotopic (exact) mass is 644 g/mol. The van der Waals surface area contributed by atoms with E-state index in [9.17, 15) is 9.59 Å². The van der Waals surface area contributed by atoms with Crippen LogP contribution in [0.15, 0.2) is 60.7 Å². The van der Waals surface area contributed by atoms with Gasteiger partial charge in [0, 0.05) is 7.11 Å². The zero-order valence-electron chi connectivity index (χ0n) is 27.4. The molecule has 0 saturated carbocycles. The summed E-state index contributed by atoms with van der Waals surface area (Å²) < 4.78 is 46.0. The molecule has 5 atom stereocenters. The molecule has 0 bridgehead atoms. The summed E-state index contributed by atoms with van der Waals surface area (Å²) in [6, 6.07) is 17.3. The van der Waals surface area contributed by atoms with Gasteiger partial charge in [-0.1, -0.05) is 91.8 Å². The Balaban J connectivity index is 1.83. The lowest BCUT2D eigenvalue weighted by atomic mass is 9.98. The van der Waals surface area contributed by atoms with Crippen LogP contribution in [0.3, 0.4) is 0 Å². The van der Waals surface area contributed by atoms with Gasteiger partial charge in [-0.2, -0.15) is 0 Å². The molecule has 0 aliphatic carbocycles. The summed E-state index contributed by atoms with van der Waals surface area (Å²) in [4.78, 5) is 27.0. The highest BCUT2D eigenvalue weighted by Crippen LogP contribution is 2.47. The maximum Gasteiger partial charge on any atom is 0.338 e. The molecule has 0 radical (unpaired) electrons. The molecule has 2 aromatic rings. The van der Waals surface area contributed by atoms with Crippen molar-refractivity contribution >= 4 is 29.1 Å². The second-order valence-corrected chi connectivity index (χ2v) is 21.7. The largest absolute Gasteiger partial charge is 0.452 e. The van der Waals surface area contributed by atoms with Crippen LogP contribution in [0.4, 0.5) is 0 Å². The minimum atomic E-state index is -3.14. The van der Waals surface area contributed by atoms with Crippen LogP contribution in [0.5, 0.6) is 0 Å². The predicted octanol–water partition coefficient (Wildman–Crippen LogP) is 6.77. The molecule has 2 aliphatic rings. The van der Waals surface area contributed by atoms with E-state index in [1.165, 1.54) is 7.11 Å². The van der Waals surface area contributed by atoms with Crippen molar-refractivity contribution in [2.24, 2.45) is 0 Å². The van der Waals surface area contributed by atoms with Crippen LogP contribution < -0.4 is 0 Å². The maximum atomic E-state index is 13.6. The third-order valence-electron chi connectivity index (χ3n) is 8.66. The molecule has 2 saturated heterocycles. The SMILES string of the molecule is CO[C@@H]1O[C@@H]2CO[Si](C(C)C)(C(C)C)O[Si](C(C)C)(C(C)C)O[C@H]2[C@H](OC(=O)c2ccccc2)[C@H]1OC(=O)c1ccccc1. The average Bonchev–Trinajstić information content (AvgIpc) is 2.99. The second-order valence-electron chi connectivity index (χ2n) is 12.8. The van der Waals surface area contributed by atoms with E-state index in [2.05, 4.69) is 55.4 Å². The van der Waals surface area contributed by atoms with Gasteiger partial charge in [0.05, 0.1) is 17.7 Å². The van der Waals surface area contributed by atoms with Crippen molar-refractivity contribution in [2.75, 3.05) is 13.7 Å². The fraction of sp³-hybridized carbons (Fsp3) is 0.576.